The van der Waals surface area contributed by atoms with Crippen LogP contribution in [-0.2, 0) is 4.79 Å². The summed E-state index contributed by atoms with van der Waals surface area (Å²) in [4.78, 5) is 11.9. The highest BCUT2D eigenvalue weighted by atomic mass is 79.9. The summed E-state index contributed by atoms with van der Waals surface area (Å²) in [5, 5.41) is 0.356. The number of halogens is 2. The summed E-state index contributed by atoms with van der Waals surface area (Å²) in [6.07, 6.45) is 0. The third-order valence-corrected chi connectivity index (χ3v) is 4.22. The van der Waals surface area contributed by atoms with Crippen molar-refractivity contribution in [2.45, 2.75) is 0 Å². The first-order valence-corrected chi connectivity index (χ1v) is 8.73. The second-order valence-electron chi connectivity index (χ2n) is 5.23. The zero-order valence-electron chi connectivity index (χ0n) is 13.1. The Balaban J connectivity index is 1.57. The van der Waals surface area contributed by atoms with Gasteiger partial charge in [0.1, 0.15) is 11.5 Å². The molecule has 0 radical (unpaired) electrons. The van der Waals surface area contributed by atoms with Gasteiger partial charge >= 0.3 is 5.97 Å². The number of ether oxygens (including phenoxy) is 2. The van der Waals surface area contributed by atoms with Crippen molar-refractivity contribution in [3.63, 3.8) is 0 Å². The van der Waals surface area contributed by atoms with E-state index in [1.54, 1.807) is 18.2 Å². The van der Waals surface area contributed by atoms with Gasteiger partial charge in [-0.1, -0.05) is 70.0 Å². The topological polar surface area (TPSA) is 35.5 Å². The lowest BCUT2D eigenvalue weighted by atomic mass is 10.1. The molecule has 0 saturated carbocycles. The van der Waals surface area contributed by atoms with Gasteiger partial charge in [0.05, 0.1) is 5.02 Å². The molecule has 0 amide bonds. The smallest absolute Gasteiger partial charge is 0.349 e. The van der Waals surface area contributed by atoms with E-state index in [0.717, 1.165) is 15.6 Å². The molecule has 0 aliphatic rings. The van der Waals surface area contributed by atoms with E-state index >= 15 is 0 Å². The molecule has 0 N–H and O–H groups in total. The van der Waals surface area contributed by atoms with Gasteiger partial charge in [-0.2, -0.15) is 0 Å². The lowest BCUT2D eigenvalue weighted by Crippen LogP contribution is -2.17. The van der Waals surface area contributed by atoms with Crippen molar-refractivity contribution in [2.75, 3.05) is 6.61 Å². The van der Waals surface area contributed by atoms with Gasteiger partial charge in [-0.05, 0) is 41.5 Å². The van der Waals surface area contributed by atoms with Gasteiger partial charge in [0.2, 0.25) is 0 Å². The molecule has 3 rings (SSSR count). The van der Waals surface area contributed by atoms with Crippen molar-refractivity contribution in [3.8, 4) is 22.6 Å². The zero-order valence-corrected chi connectivity index (χ0v) is 15.5. The fraction of sp³-hybridized carbons (Fsp3) is 0.0500. The van der Waals surface area contributed by atoms with Crippen LogP contribution in [0.2, 0.25) is 5.02 Å². The molecule has 126 valence electrons. The van der Waals surface area contributed by atoms with Crippen LogP contribution in [0.15, 0.2) is 77.3 Å². The first-order valence-electron chi connectivity index (χ1n) is 7.56. The van der Waals surface area contributed by atoms with E-state index in [1.807, 2.05) is 54.6 Å². The van der Waals surface area contributed by atoms with Crippen LogP contribution in [0.5, 0.6) is 11.5 Å². The number of rotatable bonds is 5. The fourth-order valence-corrected chi connectivity index (χ4v) is 2.94. The number of hydrogen-bond acceptors (Lipinski definition) is 3. The van der Waals surface area contributed by atoms with Gasteiger partial charge in [-0.15, -0.1) is 0 Å². The molecule has 3 aromatic rings. The van der Waals surface area contributed by atoms with Crippen LogP contribution in [0.1, 0.15) is 0 Å². The Morgan fingerprint density at radius 3 is 2.28 bits per heavy atom. The van der Waals surface area contributed by atoms with Crippen LogP contribution < -0.4 is 9.47 Å². The summed E-state index contributed by atoms with van der Waals surface area (Å²) < 4.78 is 11.5. The molecule has 0 saturated heterocycles. The highest BCUT2D eigenvalue weighted by Gasteiger charge is 2.10. The Labute approximate surface area is 159 Å². The molecule has 0 atom stereocenters. The standard InChI is InChI=1S/C20H14BrClO3/c21-16-8-11-19(18(22)12-16)25-20(23)13-24-17-9-6-15(7-10-17)14-4-2-1-3-5-14/h1-12H,13H2. The van der Waals surface area contributed by atoms with Crippen LogP contribution in [0.25, 0.3) is 11.1 Å². The van der Waals surface area contributed by atoms with Crippen molar-refractivity contribution < 1.29 is 14.3 Å². The quantitative estimate of drug-likeness (QED) is 0.391. The number of carbonyl (C=O) groups excluding carboxylic acids is 1. The van der Waals surface area contributed by atoms with Crippen molar-refractivity contribution >= 4 is 33.5 Å². The third-order valence-electron chi connectivity index (χ3n) is 3.44. The Morgan fingerprint density at radius 2 is 1.60 bits per heavy atom. The minimum absolute atomic E-state index is 0.197. The molecular weight excluding hydrogens is 404 g/mol. The molecule has 25 heavy (non-hydrogen) atoms. The average Bonchev–Trinajstić information content (AvgIpc) is 2.63. The van der Waals surface area contributed by atoms with Crippen LogP contribution in [-0.4, -0.2) is 12.6 Å². The molecule has 0 bridgehead atoms. The van der Waals surface area contributed by atoms with Gasteiger partial charge in [-0.25, -0.2) is 4.79 Å². The van der Waals surface area contributed by atoms with Crippen molar-refractivity contribution in [1.82, 2.24) is 0 Å². The summed E-state index contributed by atoms with van der Waals surface area (Å²) in [6, 6.07) is 22.6. The Hall–Kier alpha value is -2.30. The van der Waals surface area contributed by atoms with Crippen LogP contribution in [0.3, 0.4) is 0 Å². The van der Waals surface area contributed by atoms with Crippen LogP contribution in [0, 0.1) is 0 Å². The fourth-order valence-electron chi connectivity index (χ4n) is 2.23. The third kappa shape index (κ3) is 4.84. The molecule has 0 fully saturated rings. The lowest BCUT2D eigenvalue weighted by Gasteiger charge is -2.09. The van der Waals surface area contributed by atoms with Crippen molar-refractivity contribution in [3.05, 3.63) is 82.3 Å². The SMILES string of the molecule is O=C(COc1ccc(-c2ccccc2)cc1)Oc1ccc(Br)cc1Cl. The molecular formula is C20H14BrClO3. The monoisotopic (exact) mass is 416 g/mol. The molecule has 0 spiro atoms. The van der Waals surface area contributed by atoms with Gasteiger partial charge < -0.3 is 9.47 Å². The largest absolute Gasteiger partial charge is 0.482 e. The number of esters is 1. The predicted octanol–water partition coefficient (Wildman–Crippen LogP) is 5.75. The summed E-state index contributed by atoms with van der Waals surface area (Å²) >= 11 is 9.32. The summed E-state index contributed by atoms with van der Waals surface area (Å²) in [5.41, 5.74) is 2.20. The zero-order chi connectivity index (χ0) is 17.6. The first kappa shape index (κ1) is 17.5. The van der Waals surface area contributed by atoms with Gasteiger partial charge in [0.15, 0.2) is 6.61 Å². The molecule has 0 unspecified atom stereocenters. The molecule has 0 aromatic heterocycles. The minimum Gasteiger partial charge on any atom is -0.482 e. The number of carbonyl (C=O) groups is 1. The van der Waals surface area contributed by atoms with E-state index in [1.165, 1.54) is 0 Å². The maximum atomic E-state index is 11.9. The van der Waals surface area contributed by atoms with Crippen molar-refractivity contribution in [2.24, 2.45) is 0 Å². The molecule has 5 heteroatoms. The van der Waals surface area contributed by atoms with E-state index in [9.17, 15) is 4.79 Å². The highest BCUT2D eigenvalue weighted by Crippen LogP contribution is 2.28. The van der Waals surface area contributed by atoms with E-state index in [4.69, 9.17) is 21.1 Å². The van der Waals surface area contributed by atoms with E-state index in [2.05, 4.69) is 15.9 Å². The Morgan fingerprint density at radius 1 is 0.920 bits per heavy atom. The van der Waals surface area contributed by atoms with Crippen LogP contribution in [0.4, 0.5) is 0 Å². The Kier molecular flexibility index (Phi) is 5.74. The van der Waals surface area contributed by atoms with E-state index in [-0.39, 0.29) is 6.61 Å². The second kappa shape index (κ2) is 8.19. The lowest BCUT2D eigenvalue weighted by molar-refractivity contribution is -0.136. The second-order valence-corrected chi connectivity index (χ2v) is 6.55. The van der Waals surface area contributed by atoms with Crippen LogP contribution >= 0.6 is 27.5 Å². The predicted molar refractivity (Wildman–Crippen MR) is 102 cm³/mol. The van der Waals surface area contributed by atoms with Crippen molar-refractivity contribution in [1.29, 1.82) is 0 Å². The number of benzene rings is 3. The summed E-state index contributed by atoms with van der Waals surface area (Å²) in [5.74, 6) is 0.382. The van der Waals surface area contributed by atoms with Gasteiger partial charge in [-0.3, -0.25) is 0 Å². The first-order chi connectivity index (χ1) is 12.1. The highest BCUT2D eigenvalue weighted by molar-refractivity contribution is 9.10. The minimum atomic E-state index is -0.517. The molecule has 3 aromatic carbocycles. The Bertz CT molecular complexity index is 864. The summed E-state index contributed by atoms with van der Waals surface area (Å²) in [6.45, 7) is -0.197. The normalized spacial score (nSPS) is 10.3. The van der Waals surface area contributed by atoms with E-state index in [0.29, 0.717) is 16.5 Å². The molecule has 0 aliphatic heterocycles. The van der Waals surface area contributed by atoms with Gasteiger partial charge in [0, 0.05) is 4.47 Å². The molecule has 3 nitrogen and oxygen atoms in total. The maximum absolute atomic E-state index is 11.9. The van der Waals surface area contributed by atoms with E-state index < -0.39 is 5.97 Å². The summed E-state index contributed by atoms with van der Waals surface area (Å²) in [7, 11) is 0. The average molecular weight is 418 g/mol. The molecule has 0 heterocycles. The maximum Gasteiger partial charge on any atom is 0.349 e. The number of hydrogen-bond donors (Lipinski definition) is 0. The molecule has 0 aliphatic carbocycles. The van der Waals surface area contributed by atoms with Gasteiger partial charge in [0.25, 0.3) is 0 Å².